The molecular formula is C8H7ClFNO2. The fraction of sp³-hybridized carbons (Fsp3) is 0.250. The maximum atomic E-state index is 13.0. The van der Waals surface area contributed by atoms with Crippen molar-refractivity contribution in [3.05, 3.63) is 28.8 Å². The van der Waals surface area contributed by atoms with Crippen molar-refractivity contribution < 1.29 is 13.9 Å². The van der Waals surface area contributed by atoms with E-state index in [-0.39, 0.29) is 10.7 Å². The van der Waals surface area contributed by atoms with Crippen LogP contribution in [0.4, 0.5) is 4.39 Å². The summed E-state index contributed by atoms with van der Waals surface area (Å²) in [5, 5.41) is 0.0435. The van der Waals surface area contributed by atoms with Gasteiger partial charge in [-0.1, -0.05) is 11.6 Å². The van der Waals surface area contributed by atoms with Gasteiger partial charge >= 0.3 is 0 Å². The van der Waals surface area contributed by atoms with E-state index in [4.69, 9.17) is 16.3 Å². The van der Waals surface area contributed by atoms with Crippen LogP contribution in [0.25, 0.3) is 0 Å². The number of ether oxygens (including phenoxy) is 1. The fourth-order valence-electron chi connectivity index (χ4n) is 0.891. The molecule has 1 rings (SSSR count). The van der Waals surface area contributed by atoms with Gasteiger partial charge in [0.25, 0.3) is 0 Å². The smallest absolute Gasteiger partial charge is 0.220 e. The lowest BCUT2D eigenvalue weighted by atomic mass is 10.2. The van der Waals surface area contributed by atoms with Crippen LogP contribution < -0.4 is 0 Å². The van der Waals surface area contributed by atoms with Gasteiger partial charge in [-0.3, -0.25) is 0 Å². The number of methoxy groups -OCH3 is 1. The van der Waals surface area contributed by atoms with Crippen molar-refractivity contribution in [1.82, 2.24) is 4.98 Å². The number of carbonyl (C=O) groups is 1. The van der Waals surface area contributed by atoms with Gasteiger partial charge in [-0.15, -0.1) is 0 Å². The molecule has 0 N–H and O–H groups in total. The second-order valence-electron chi connectivity index (χ2n) is 2.31. The Morgan fingerprint density at radius 2 is 2.38 bits per heavy atom. The Hall–Kier alpha value is -1.00. The average Bonchev–Trinajstić information content (AvgIpc) is 2.10. The number of rotatable bonds is 3. The summed E-state index contributed by atoms with van der Waals surface area (Å²) < 4.78 is 17.8. The van der Waals surface area contributed by atoms with Crippen molar-refractivity contribution >= 4 is 17.9 Å². The summed E-state index contributed by atoms with van der Waals surface area (Å²) in [6.07, 6.45) is -0.432. The highest BCUT2D eigenvalue weighted by molar-refractivity contribution is 6.29. The lowest BCUT2D eigenvalue weighted by Gasteiger charge is -2.08. The molecule has 70 valence electrons. The van der Waals surface area contributed by atoms with Crippen molar-refractivity contribution in [2.45, 2.75) is 6.10 Å². The zero-order chi connectivity index (χ0) is 9.84. The lowest BCUT2D eigenvalue weighted by Crippen LogP contribution is -2.06. The number of carbonyl (C=O) groups excluding carboxylic acids is 1. The van der Waals surface area contributed by atoms with E-state index in [1.165, 1.54) is 19.2 Å². The second kappa shape index (κ2) is 4.30. The molecule has 3 nitrogen and oxygen atoms in total. The second-order valence-corrected chi connectivity index (χ2v) is 2.69. The largest absolute Gasteiger partial charge is 0.369 e. The van der Waals surface area contributed by atoms with Crippen LogP contribution in [0.15, 0.2) is 12.1 Å². The van der Waals surface area contributed by atoms with Gasteiger partial charge in [-0.25, -0.2) is 4.98 Å². The first kappa shape index (κ1) is 10.1. The number of aldehydes is 1. The van der Waals surface area contributed by atoms with Gasteiger partial charge < -0.3 is 9.53 Å². The van der Waals surface area contributed by atoms with Crippen LogP contribution >= 0.6 is 11.6 Å². The molecule has 0 radical (unpaired) electrons. The first-order chi connectivity index (χ1) is 6.19. The molecule has 0 amide bonds. The molecule has 0 bridgehead atoms. The van der Waals surface area contributed by atoms with Crippen molar-refractivity contribution in [3.63, 3.8) is 0 Å². The van der Waals surface area contributed by atoms with Gasteiger partial charge in [0.05, 0.1) is 0 Å². The van der Waals surface area contributed by atoms with Crippen LogP contribution in [-0.4, -0.2) is 18.4 Å². The minimum absolute atomic E-state index is 0.0435. The third-order valence-electron chi connectivity index (χ3n) is 1.53. The molecule has 0 saturated heterocycles. The van der Waals surface area contributed by atoms with Crippen LogP contribution in [0.2, 0.25) is 5.15 Å². The maximum absolute atomic E-state index is 13.0. The molecule has 1 aromatic rings. The van der Waals surface area contributed by atoms with Crippen molar-refractivity contribution in [3.8, 4) is 0 Å². The highest BCUT2D eigenvalue weighted by Gasteiger charge is 2.15. The summed E-state index contributed by atoms with van der Waals surface area (Å²) in [7, 11) is 1.31. The molecule has 5 heteroatoms. The highest BCUT2D eigenvalue weighted by Crippen LogP contribution is 2.18. The number of hydrogen-bond donors (Lipinski definition) is 0. The molecule has 0 fully saturated rings. The zero-order valence-electron chi connectivity index (χ0n) is 6.83. The molecule has 13 heavy (non-hydrogen) atoms. The molecule has 0 unspecified atom stereocenters. The summed E-state index contributed by atoms with van der Waals surface area (Å²) in [6, 6.07) is 2.77. The number of nitrogens with zero attached hydrogens (tertiary/aromatic N) is 1. The average molecular weight is 204 g/mol. The van der Waals surface area contributed by atoms with Gasteiger partial charge in [0.15, 0.2) is 6.29 Å². The van der Waals surface area contributed by atoms with E-state index in [1.54, 1.807) is 0 Å². The number of aromatic nitrogens is 1. The van der Waals surface area contributed by atoms with Gasteiger partial charge in [-0.2, -0.15) is 4.39 Å². The zero-order valence-corrected chi connectivity index (χ0v) is 7.58. The minimum atomic E-state index is -0.926. The predicted octanol–water partition coefficient (Wildman–Crippen LogP) is 1.76. The fourth-order valence-corrected chi connectivity index (χ4v) is 1.03. The minimum Gasteiger partial charge on any atom is -0.369 e. The SMILES string of the molecule is CO[C@H](C=O)c1ccc(Cl)nc1F. The Kier molecular flexibility index (Phi) is 3.33. The van der Waals surface area contributed by atoms with E-state index in [0.717, 1.165) is 0 Å². The lowest BCUT2D eigenvalue weighted by molar-refractivity contribution is -0.116. The van der Waals surface area contributed by atoms with Crippen LogP contribution in [0, 0.1) is 5.95 Å². The summed E-state index contributed by atoms with van der Waals surface area (Å²) in [6.45, 7) is 0. The van der Waals surface area contributed by atoms with Gasteiger partial charge in [-0.05, 0) is 12.1 Å². The number of hydrogen-bond acceptors (Lipinski definition) is 3. The van der Waals surface area contributed by atoms with Crippen molar-refractivity contribution in [2.75, 3.05) is 7.11 Å². The third kappa shape index (κ3) is 2.23. The molecule has 0 spiro atoms. The Balaban J connectivity index is 3.06. The van der Waals surface area contributed by atoms with Crippen molar-refractivity contribution in [1.29, 1.82) is 0 Å². The van der Waals surface area contributed by atoms with Crippen LogP contribution in [0.5, 0.6) is 0 Å². The summed E-state index contributed by atoms with van der Waals surface area (Å²) >= 11 is 5.43. The topological polar surface area (TPSA) is 39.2 Å². The van der Waals surface area contributed by atoms with E-state index in [2.05, 4.69) is 4.98 Å². The molecule has 0 aliphatic rings. The monoisotopic (exact) mass is 203 g/mol. The molecule has 0 aliphatic heterocycles. The number of pyridine rings is 1. The maximum Gasteiger partial charge on any atom is 0.220 e. The van der Waals surface area contributed by atoms with Crippen molar-refractivity contribution in [2.24, 2.45) is 0 Å². The molecule has 0 saturated carbocycles. The summed E-state index contributed by atoms with van der Waals surface area (Å²) in [5.74, 6) is -0.786. The van der Waals surface area contributed by atoms with E-state index in [1.807, 2.05) is 0 Å². The molecule has 1 heterocycles. The molecule has 1 aromatic heterocycles. The van der Waals surface area contributed by atoms with Crippen LogP contribution in [0.3, 0.4) is 0 Å². The van der Waals surface area contributed by atoms with Crippen LogP contribution in [-0.2, 0) is 9.53 Å². The number of halogens is 2. The quantitative estimate of drug-likeness (QED) is 0.555. The Bertz CT molecular complexity index is 319. The Morgan fingerprint density at radius 3 is 2.85 bits per heavy atom. The Labute approximate surface area is 79.5 Å². The molecule has 1 atom stereocenters. The first-order valence-electron chi connectivity index (χ1n) is 3.49. The third-order valence-corrected chi connectivity index (χ3v) is 1.74. The van der Waals surface area contributed by atoms with E-state index in [0.29, 0.717) is 6.29 Å². The first-order valence-corrected chi connectivity index (χ1v) is 3.87. The predicted molar refractivity (Wildman–Crippen MR) is 45.0 cm³/mol. The summed E-state index contributed by atoms with van der Waals surface area (Å²) in [5.41, 5.74) is 0.0851. The van der Waals surface area contributed by atoms with Gasteiger partial charge in [0, 0.05) is 12.7 Å². The highest BCUT2D eigenvalue weighted by atomic mass is 35.5. The van der Waals surface area contributed by atoms with Gasteiger partial charge in [0.2, 0.25) is 5.95 Å². The standard InChI is InChI=1S/C8H7ClFNO2/c1-13-6(4-12)5-2-3-7(9)11-8(5)10/h2-4,6H,1H3/t6-/m1/s1. The van der Waals surface area contributed by atoms with E-state index < -0.39 is 12.1 Å². The molecular weight excluding hydrogens is 197 g/mol. The summed E-state index contributed by atoms with van der Waals surface area (Å²) in [4.78, 5) is 13.8. The van der Waals surface area contributed by atoms with E-state index in [9.17, 15) is 9.18 Å². The van der Waals surface area contributed by atoms with Crippen LogP contribution in [0.1, 0.15) is 11.7 Å². The van der Waals surface area contributed by atoms with Gasteiger partial charge in [0.1, 0.15) is 11.3 Å². The Morgan fingerprint density at radius 1 is 1.69 bits per heavy atom. The van der Waals surface area contributed by atoms with E-state index >= 15 is 0 Å². The molecule has 0 aliphatic carbocycles. The normalized spacial score (nSPS) is 12.5. The molecule has 0 aromatic carbocycles.